The Bertz CT molecular complexity index is 1200. The molecule has 2 aromatic carbocycles. The van der Waals surface area contributed by atoms with Crippen molar-refractivity contribution >= 4 is 21.9 Å². The van der Waals surface area contributed by atoms with E-state index in [4.69, 9.17) is 9.15 Å². The van der Waals surface area contributed by atoms with Gasteiger partial charge in [-0.1, -0.05) is 0 Å². The number of phenolic OH excluding ortho intramolecular Hbond substituents is 4. The Labute approximate surface area is 166 Å². The summed E-state index contributed by atoms with van der Waals surface area (Å²) in [6.45, 7) is -0.730. The van der Waals surface area contributed by atoms with E-state index < -0.39 is 76.5 Å². The van der Waals surface area contributed by atoms with Gasteiger partial charge in [0, 0.05) is 12.1 Å². The predicted molar refractivity (Wildman–Crippen MR) is 99.4 cm³/mol. The van der Waals surface area contributed by atoms with Gasteiger partial charge in [-0.25, -0.2) is 0 Å². The maximum atomic E-state index is 12.9. The Balaban J connectivity index is 1.98. The van der Waals surface area contributed by atoms with Crippen LogP contribution in [-0.2, 0) is 4.74 Å². The van der Waals surface area contributed by atoms with Crippen LogP contribution in [0.3, 0.4) is 0 Å². The Morgan fingerprint density at radius 1 is 0.833 bits per heavy atom. The molecule has 1 aliphatic rings. The van der Waals surface area contributed by atoms with Crippen molar-refractivity contribution < 1.29 is 50.0 Å². The van der Waals surface area contributed by atoms with Gasteiger partial charge in [0.25, 0.3) is 0 Å². The molecule has 4 rings (SSSR count). The van der Waals surface area contributed by atoms with Gasteiger partial charge in [0.05, 0.1) is 17.6 Å². The first-order chi connectivity index (χ1) is 14.1. The molecule has 0 unspecified atom stereocenters. The maximum absolute atomic E-state index is 12.9. The van der Waals surface area contributed by atoms with Gasteiger partial charge >= 0.3 is 0 Å². The molecule has 1 aromatic heterocycles. The number of aromatic hydroxyl groups is 4. The molecule has 0 spiro atoms. The Kier molecular flexibility index (Phi) is 4.71. The van der Waals surface area contributed by atoms with E-state index in [9.17, 15) is 45.6 Å². The van der Waals surface area contributed by atoms with Crippen LogP contribution in [0.25, 0.3) is 21.9 Å². The van der Waals surface area contributed by atoms with E-state index in [-0.39, 0.29) is 16.6 Å². The first-order valence-corrected chi connectivity index (χ1v) is 8.83. The zero-order valence-corrected chi connectivity index (χ0v) is 15.1. The van der Waals surface area contributed by atoms with Crippen LogP contribution in [0.4, 0.5) is 0 Å². The fourth-order valence-electron chi connectivity index (χ4n) is 3.64. The second-order valence-corrected chi connectivity index (χ2v) is 7.05. The van der Waals surface area contributed by atoms with Gasteiger partial charge in [-0.3, -0.25) is 4.79 Å². The molecule has 2 heterocycles. The summed E-state index contributed by atoms with van der Waals surface area (Å²) in [5.74, 6) is -2.62. The molecule has 1 aliphatic heterocycles. The van der Waals surface area contributed by atoms with Crippen LogP contribution in [0.15, 0.2) is 27.4 Å². The fraction of sp³-hybridized carbons (Fsp3) is 0.316. The number of hydrogen-bond donors (Lipinski definition) is 8. The van der Waals surface area contributed by atoms with E-state index in [2.05, 4.69) is 0 Å². The molecule has 5 atom stereocenters. The Morgan fingerprint density at radius 3 is 2.13 bits per heavy atom. The second-order valence-electron chi connectivity index (χ2n) is 7.05. The monoisotopic (exact) mass is 422 g/mol. The summed E-state index contributed by atoms with van der Waals surface area (Å²) in [5.41, 5.74) is -1.66. The van der Waals surface area contributed by atoms with Crippen molar-refractivity contribution in [1.82, 2.24) is 0 Å². The Morgan fingerprint density at radius 2 is 1.47 bits per heavy atom. The largest absolute Gasteiger partial charge is 0.507 e. The SMILES string of the molecule is O=c1c2cc(O)c(O)cc2oc2cc(O)c([C@H]3O[C@H](CO)[C@H](O)[C@@H](O)[C@H]3O)c(O)c12. The number of fused-ring (bicyclic) bond motifs is 2. The summed E-state index contributed by atoms with van der Waals surface area (Å²) in [6, 6.07) is 2.90. The minimum absolute atomic E-state index is 0.123. The van der Waals surface area contributed by atoms with E-state index >= 15 is 0 Å². The van der Waals surface area contributed by atoms with Crippen molar-refractivity contribution in [3.05, 3.63) is 34.0 Å². The van der Waals surface area contributed by atoms with E-state index in [1.165, 1.54) is 0 Å². The first-order valence-electron chi connectivity index (χ1n) is 8.83. The number of phenols is 4. The molecule has 3 aromatic rings. The molecule has 0 aliphatic carbocycles. The van der Waals surface area contributed by atoms with Gasteiger partial charge < -0.3 is 50.0 Å². The third kappa shape index (κ3) is 2.83. The fourth-order valence-corrected chi connectivity index (χ4v) is 3.64. The molecule has 11 nitrogen and oxygen atoms in total. The highest BCUT2D eigenvalue weighted by molar-refractivity contribution is 5.96. The van der Waals surface area contributed by atoms with Crippen molar-refractivity contribution in [2.45, 2.75) is 30.5 Å². The Hall–Kier alpha value is -3.09. The van der Waals surface area contributed by atoms with Gasteiger partial charge in [0.15, 0.2) is 11.5 Å². The smallest absolute Gasteiger partial charge is 0.204 e. The summed E-state index contributed by atoms with van der Waals surface area (Å²) >= 11 is 0. The molecule has 30 heavy (non-hydrogen) atoms. The van der Waals surface area contributed by atoms with Crippen LogP contribution in [0, 0.1) is 0 Å². The summed E-state index contributed by atoms with van der Waals surface area (Å²) < 4.78 is 10.8. The number of rotatable bonds is 2. The van der Waals surface area contributed by atoms with Crippen molar-refractivity contribution in [2.75, 3.05) is 6.61 Å². The lowest BCUT2D eigenvalue weighted by Crippen LogP contribution is -2.55. The lowest BCUT2D eigenvalue weighted by Gasteiger charge is -2.40. The van der Waals surface area contributed by atoms with Crippen LogP contribution >= 0.6 is 0 Å². The molecule has 8 N–H and O–H groups in total. The van der Waals surface area contributed by atoms with Crippen molar-refractivity contribution in [2.24, 2.45) is 0 Å². The summed E-state index contributed by atoms with van der Waals surface area (Å²) in [4.78, 5) is 12.9. The molecule has 11 heteroatoms. The molecule has 1 fully saturated rings. The van der Waals surface area contributed by atoms with E-state index in [0.29, 0.717) is 0 Å². The third-order valence-corrected chi connectivity index (χ3v) is 5.23. The summed E-state index contributed by atoms with van der Waals surface area (Å²) in [7, 11) is 0. The van der Waals surface area contributed by atoms with Crippen LogP contribution in [-0.4, -0.2) is 71.9 Å². The number of aliphatic hydroxyl groups is 4. The van der Waals surface area contributed by atoms with Crippen LogP contribution < -0.4 is 5.43 Å². The van der Waals surface area contributed by atoms with Gasteiger partial charge in [-0.2, -0.15) is 0 Å². The number of benzene rings is 2. The van der Waals surface area contributed by atoms with Gasteiger partial charge in [-0.05, 0) is 6.07 Å². The molecule has 0 amide bonds. The first kappa shape index (κ1) is 20.2. The van der Waals surface area contributed by atoms with E-state index in [0.717, 1.165) is 18.2 Å². The highest BCUT2D eigenvalue weighted by Crippen LogP contribution is 2.45. The van der Waals surface area contributed by atoms with Gasteiger partial charge in [0.1, 0.15) is 58.6 Å². The highest BCUT2D eigenvalue weighted by atomic mass is 16.5. The number of ether oxygens (including phenoxy) is 1. The third-order valence-electron chi connectivity index (χ3n) is 5.23. The van der Waals surface area contributed by atoms with E-state index in [1.54, 1.807) is 0 Å². The minimum atomic E-state index is -1.81. The van der Waals surface area contributed by atoms with E-state index in [1.807, 2.05) is 0 Å². The number of aliphatic hydroxyl groups excluding tert-OH is 4. The maximum Gasteiger partial charge on any atom is 0.204 e. The zero-order valence-electron chi connectivity index (χ0n) is 15.1. The van der Waals surface area contributed by atoms with Crippen LogP contribution in [0.2, 0.25) is 0 Å². The molecule has 160 valence electrons. The standard InChI is InChI=1S/C19H18O11/c20-4-11-15(25)17(27)18(28)19(30-11)12-8(23)3-10-13(16(12)26)14(24)5-1-6(21)7(22)2-9(5)29-10/h1-3,11,15,17-23,25-28H,4H2/t11-,15+,17-,18-,19-/m1/s1. The minimum Gasteiger partial charge on any atom is -0.507 e. The highest BCUT2D eigenvalue weighted by Gasteiger charge is 2.46. The quantitative estimate of drug-likeness (QED) is 0.191. The summed E-state index contributed by atoms with van der Waals surface area (Å²) in [5, 5.41) is 79.4. The zero-order chi connectivity index (χ0) is 21.9. The summed E-state index contributed by atoms with van der Waals surface area (Å²) in [6.07, 6.45) is -8.16. The molecular weight excluding hydrogens is 404 g/mol. The second kappa shape index (κ2) is 7.00. The lowest BCUT2D eigenvalue weighted by atomic mass is 9.89. The number of hydrogen-bond acceptors (Lipinski definition) is 11. The normalized spacial score (nSPS) is 27.0. The average molecular weight is 422 g/mol. The molecular formula is C19H18O11. The van der Waals surface area contributed by atoms with Crippen molar-refractivity contribution in [1.29, 1.82) is 0 Å². The van der Waals surface area contributed by atoms with Gasteiger partial charge in [-0.15, -0.1) is 0 Å². The molecule has 0 radical (unpaired) electrons. The van der Waals surface area contributed by atoms with Gasteiger partial charge in [0.2, 0.25) is 5.43 Å². The van der Waals surface area contributed by atoms with Crippen LogP contribution in [0.5, 0.6) is 23.0 Å². The molecule has 0 saturated carbocycles. The molecule has 1 saturated heterocycles. The lowest BCUT2D eigenvalue weighted by molar-refractivity contribution is -0.232. The predicted octanol–water partition coefficient (Wildman–Crippen LogP) is -0.717. The van der Waals surface area contributed by atoms with Crippen LogP contribution in [0.1, 0.15) is 11.7 Å². The van der Waals surface area contributed by atoms with Crippen molar-refractivity contribution in [3.63, 3.8) is 0 Å². The average Bonchev–Trinajstić information content (AvgIpc) is 2.69. The molecule has 0 bridgehead atoms. The van der Waals surface area contributed by atoms with Crippen molar-refractivity contribution in [3.8, 4) is 23.0 Å². The topological polar surface area (TPSA) is 201 Å².